The van der Waals surface area contributed by atoms with Crippen molar-refractivity contribution in [1.29, 1.82) is 0 Å². The van der Waals surface area contributed by atoms with Crippen LogP contribution in [0.3, 0.4) is 0 Å². The topological polar surface area (TPSA) is 41.1 Å². The Morgan fingerprint density at radius 2 is 2.33 bits per heavy atom. The highest BCUT2D eigenvalue weighted by Gasteiger charge is 2.16. The van der Waals surface area contributed by atoms with E-state index in [4.69, 9.17) is 0 Å². The number of benzene rings is 1. The number of fused-ring (bicyclic) bond motifs is 1. The average Bonchev–Trinajstić information content (AvgIpc) is 2.39. The standard InChI is InChI=1S/C15H22N2O/c1-3-5-11(2)15(18)17-14-7-4-6-12-10-16-9-8-13(12)14/h4,6-7,11,16H,3,5,8-10H2,1-2H3,(H,17,18). The molecule has 0 saturated heterocycles. The normalized spacial score (nSPS) is 15.9. The molecular weight excluding hydrogens is 224 g/mol. The molecule has 0 spiro atoms. The van der Waals surface area contributed by atoms with Crippen molar-refractivity contribution in [3.05, 3.63) is 29.3 Å². The zero-order valence-electron chi connectivity index (χ0n) is 11.3. The van der Waals surface area contributed by atoms with E-state index in [-0.39, 0.29) is 11.8 Å². The van der Waals surface area contributed by atoms with Gasteiger partial charge in [-0.05, 0) is 36.6 Å². The summed E-state index contributed by atoms with van der Waals surface area (Å²) in [4.78, 5) is 12.1. The first-order valence-corrected chi connectivity index (χ1v) is 6.84. The Morgan fingerprint density at radius 1 is 1.50 bits per heavy atom. The zero-order valence-corrected chi connectivity index (χ0v) is 11.3. The fourth-order valence-electron chi connectivity index (χ4n) is 2.47. The van der Waals surface area contributed by atoms with Crippen LogP contribution < -0.4 is 10.6 Å². The van der Waals surface area contributed by atoms with Crippen LogP contribution in [0.4, 0.5) is 5.69 Å². The van der Waals surface area contributed by atoms with Gasteiger partial charge in [-0.2, -0.15) is 0 Å². The summed E-state index contributed by atoms with van der Waals surface area (Å²) in [5.74, 6) is 0.233. The van der Waals surface area contributed by atoms with Crippen LogP contribution in [0.5, 0.6) is 0 Å². The lowest BCUT2D eigenvalue weighted by Gasteiger charge is -2.21. The highest BCUT2D eigenvalue weighted by molar-refractivity contribution is 5.93. The summed E-state index contributed by atoms with van der Waals surface area (Å²) in [7, 11) is 0. The SMILES string of the molecule is CCCC(C)C(=O)Nc1cccc2c1CCNC2. The van der Waals surface area contributed by atoms with Crippen molar-refractivity contribution < 1.29 is 4.79 Å². The van der Waals surface area contributed by atoms with E-state index in [1.165, 1.54) is 11.1 Å². The molecule has 2 rings (SSSR count). The van der Waals surface area contributed by atoms with Crippen molar-refractivity contribution in [2.75, 3.05) is 11.9 Å². The molecule has 0 fully saturated rings. The van der Waals surface area contributed by atoms with Gasteiger partial charge < -0.3 is 10.6 Å². The van der Waals surface area contributed by atoms with E-state index in [0.717, 1.165) is 38.0 Å². The first kappa shape index (κ1) is 13.1. The number of carbonyl (C=O) groups excluding carboxylic acids is 1. The minimum absolute atomic E-state index is 0.0903. The van der Waals surface area contributed by atoms with Crippen molar-refractivity contribution >= 4 is 11.6 Å². The molecule has 1 unspecified atom stereocenters. The summed E-state index contributed by atoms with van der Waals surface area (Å²) in [6.07, 6.45) is 2.99. The third kappa shape index (κ3) is 2.91. The first-order chi connectivity index (χ1) is 8.72. The Balaban J connectivity index is 2.12. The van der Waals surface area contributed by atoms with E-state index >= 15 is 0 Å². The van der Waals surface area contributed by atoms with Crippen LogP contribution in [0.1, 0.15) is 37.8 Å². The van der Waals surface area contributed by atoms with Crippen LogP contribution in [0.25, 0.3) is 0 Å². The minimum Gasteiger partial charge on any atom is -0.326 e. The van der Waals surface area contributed by atoms with E-state index in [1.54, 1.807) is 0 Å². The van der Waals surface area contributed by atoms with Crippen LogP contribution in [0.2, 0.25) is 0 Å². The summed E-state index contributed by atoms with van der Waals surface area (Å²) in [5.41, 5.74) is 3.61. The van der Waals surface area contributed by atoms with Crippen molar-refractivity contribution in [3.8, 4) is 0 Å². The van der Waals surface area contributed by atoms with Gasteiger partial charge in [0.05, 0.1) is 0 Å². The Kier molecular flexibility index (Phi) is 4.37. The molecule has 1 aromatic rings. The smallest absolute Gasteiger partial charge is 0.227 e. The monoisotopic (exact) mass is 246 g/mol. The van der Waals surface area contributed by atoms with Crippen LogP contribution in [-0.4, -0.2) is 12.5 Å². The van der Waals surface area contributed by atoms with Crippen molar-refractivity contribution in [2.45, 2.75) is 39.7 Å². The molecule has 1 atom stereocenters. The van der Waals surface area contributed by atoms with E-state index in [2.05, 4.69) is 23.6 Å². The maximum Gasteiger partial charge on any atom is 0.227 e. The zero-order chi connectivity index (χ0) is 13.0. The Labute approximate surface area is 109 Å². The molecule has 18 heavy (non-hydrogen) atoms. The van der Waals surface area contributed by atoms with E-state index < -0.39 is 0 Å². The van der Waals surface area contributed by atoms with Gasteiger partial charge in [0.25, 0.3) is 0 Å². The third-order valence-electron chi connectivity index (χ3n) is 3.57. The summed E-state index contributed by atoms with van der Waals surface area (Å²) in [6, 6.07) is 6.17. The molecule has 98 valence electrons. The second-order valence-electron chi connectivity index (χ2n) is 5.05. The molecule has 3 nitrogen and oxygen atoms in total. The molecule has 1 heterocycles. The number of hydrogen-bond donors (Lipinski definition) is 2. The Bertz CT molecular complexity index is 429. The van der Waals surface area contributed by atoms with Gasteiger partial charge in [-0.25, -0.2) is 0 Å². The number of anilines is 1. The molecule has 2 N–H and O–H groups in total. The molecular formula is C15H22N2O. The summed E-state index contributed by atoms with van der Waals surface area (Å²) >= 11 is 0. The fraction of sp³-hybridized carbons (Fsp3) is 0.533. The molecule has 0 radical (unpaired) electrons. The molecule has 0 saturated carbocycles. The summed E-state index contributed by atoms with van der Waals surface area (Å²) in [6.45, 7) is 6.00. The first-order valence-electron chi connectivity index (χ1n) is 6.84. The molecule has 1 amide bonds. The highest BCUT2D eigenvalue weighted by atomic mass is 16.1. The van der Waals surface area contributed by atoms with Crippen LogP contribution in [0.15, 0.2) is 18.2 Å². The molecule has 3 heteroatoms. The minimum atomic E-state index is 0.0903. The number of amides is 1. The van der Waals surface area contributed by atoms with E-state index in [1.807, 2.05) is 19.1 Å². The van der Waals surface area contributed by atoms with Crippen LogP contribution in [-0.2, 0) is 17.8 Å². The van der Waals surface area contributed by atoms with Gasteiger partial charge in [0, 0.05) is 18.2 Å². The van der Waals surface area contributed by atoms with Crippen molar-refractivity contribution in [2.24, 2.45) is 5.92 Å². The van der Waals surface area contributed by atoms with Gasteiger partial charge in [-0.1, -0.05) is 32.4 Å². The number of carbonyl (C=O) groups is 1. The largest absolute Gasteiger partial charge is 0.326 e. The maximum atomic E-state index is 12.1. The third-order valence-corrected chi connectivity index (χ3v) is 3.57. The van der Waals surface area contributed by atoms with Crippen LogP contribution in [0, 0.1) is 5.92 Å². The molecule has 0 aromatic heterocycles. The summed E-state index contributed by atoms with van der Waals surface area (Å²) < 4.78 is 0. The van der Waals surface area contributed by atoms with Gasteiger partial charge >= 0.3 is 0 Å². The van der Waals surface area contributed by atoms with Gasteiger partial charge in [0.2, 0.25) is 5.91 Å². The average molecular weight is 246 g/mol. The lowest BCUT2D eigenvalue weighted by Crippen LogP contribution is -2.26. The van der Waals surface area contributed by atoms with Gasteiger partial charge in [0.15, 0.2) is 0 Å². The lowest BCUT2D eigenvalue weighted by molar-refractivity contribution is -0.119. The van der Waals surface area contributed by atoms with E-state index in [0.29, 0.717) is 0 Å². The van der Waals surface area contributed by atoms with Gasteiger partial charge in [-0.15, -0.1) is 0 Å². The van der Waals surface area contributed by atoms with Crippen LogP contribution >= 0.6 is 0 Å². The predicted molar refractivity (Wildman–Crippen MR) is 74.6 cm³/mol. The quantitative estimate of drug-likeness (QED) is 0.857. The molecule has 1 aliphatic rings. The molecule has 0 aliphatic carbocycles. The van der Waals surface area contributed by atoms with E-state index in [9.17, 15) is 4.79 Å². The predicted octanol–water partition coefficient (Wildman–Crippen LogP) is 2.71. The second kappa shape index (κ2) is 6.01. The number of hydrogen-bond acceptors (Lipinski definition) is 2. The second-order valence-corrected chi connectivity index (χ2v) is 5.05. The lowest BCUT2D eigenvalue weighted by atomic mass is 9.98. The van der Waals surface area contributed by atoms with Gasteiger partial charge in [-0.3, -0.25) is 4.79 Å². The Hall–Kier alpha value is -1.35. The highest BCUT2D eigenvalue weighted by Crippen LogP contribution is 2.23. The molecule has 1 aliphatic heterocycles. The summed E-state index contributed by atoms with van der Waals surface area (Å²) in [5, 5.41) is 6.44. The van der Waals surface area contributed by atoms with Gasteiger partial charge in [0.1, 0.15) is 0 Å². The molecule has 1 aromatic carbocycles. The maximum absolute atomic E-state index is 12.1. The number of rotatable bonds is 4. The van der Waals surface area contributed by atoms with Crippen molar-refractivity contribution in [1.82, 2.24) is 5.32 Å². The fourth-order valence-corrected chi connectivity index (χ4v) is 2.47. The van der Waals surface area contributed by atoms with Crippen molar-refractivity contribution in [3.63, 3.8) is 0 Å². The number of nitrogens with one attached hydrogen (secondary N) is 2. The molecule has 0 bridgehead atoms. The Morgan fingerprint density at radius 3 is 3.11 bits per heavy atom.